The summed E-state index contributed by atoms with van der Waals surface area (Å²) in [6.07, 6.45) is 5.13. The van der Waals surface area contributed by atoms with Gasteiger partial charge in [-0.1, -0.05) is 42.6 Å². The molecule has 132 valence electrons. The number of amides is 1. The summed E-state index contributed by atoms with van der Waals surface area (Å²) in [5.41, 5.74) is 1.04. The Bertz CT molecular complexity index is 570. The highest BCUT2D eigenvalue weighted by Crippen LogP contribution is 2.18. The highest BCUT2D eigenvalue weighted by molar-refractivity contribution is 6.31. The van der Waals surface area contributed by atoms with Gasteiger partial charge in [0.1, 0.15) is 0 Å². The van der Waals surface area contributed by atoms with Crippen molar-refractivity contribution in [2.24, 2.45) is 4.99 Å². The molecule has 1 saturated carbocycles. The molecule has 0 atom stereocenters. The Morgan fingerprint density at radius 2 is 2.04 bits per heavy atom. The van der Waals surface area contributed by atoms with Crippen LogP contribution in [0.2, 0.25) is 5.02 Å². The minimum Gasteiger partial charge on any atom is -0.356 e. The summed E-state index contributed by atoms with van der Waals surface area (Å²) in [5.74, 6) is 0.863. The zero-order chi connectivity index (χ0) is 17.4. The molecular weight excluding hydrogens is 324 g/mol. The van der Waals surface area contributed by atoms with Gasteiger partial charge >= 0.3 is 0 Å². The number of nitrogens with zero attached hydrogens (tertiary/aromatic N) is 2. The molecule has 5 nitrogen and oxygen atoms in total. The second-order valence-corrected chi connectivity index (χ2v) is 6.63. The number of aliphatic imine (C=N–C) groups is 1. The van der Waals surface area contributed by atoms with Gasteiger partial charge in [0.15, 0.2) is 5.96 Å². The lowest BCUT2D eigenvalue weighted by atomic mass is 10.2. The molecule has 1 amide bonds. The number of hydrogen-bond donors (Lipinski definition) is 2. The fraction of sp³-hybridized carbons (Fsp3) is 0.556. The first-order valence-electron chi connectivity index (χ1n) is 8.54. The minimum atomic E-state index is 0.110. The lowest BCUT2D eigenvalue weighted by Gasteiger charge is -2.22. The quantitative estimate of drug-likeness (QED) is 0.612. The molecule has 1 aliphatic rings. The molecule has 6 heteroatoms. The minimum absolute atomic E-state index is 0.110. The van der Waals surface area contributed by atoms with E-state index in [4.69, 9.17) is 11.6 Å². The molecule has 0 radical (unpaired) electrons. The summed E-state index contributed by atoms with van der Waals surface area (Å²) in [5, 5.41) is 7.08. The molecule has 1 aromatic carbocycles. The Hall–Kier alpha value is -1.75. The number of carbonyl (C=O) groups excluding carboxylic acids is 1. The average Bonchev–Trinajstić information content (AvgIpc) is 3.06. The van der Waals surface area contributed by atoms with Gasteiger partial charge in [0, 0.05) is 44.7 Å². The monoisotopic (exact) mass is 350 g/mol. The second-order valence-electron chi connectivity index (χ2n) is 6.22. The molecule has 0 saturated heterocycles. The molecule has 0 aromatic heterocycles. The van der Waals surface area contributed by atoms with Crippen molar-refractivity contribution in [3.8, 4) is 0 Å². The van der Waals surface area contributed by atoms with E-state index in [2.05, 4.69) is 15.6 Å². The number of hydrogen-bond acceptors (Lipinski definition) is 2. The Morgan fingerprint density at radius 3 is 2.71 bits per heavy atom. The largest absolute Gasteiger partial charge is 0.356 e. The summed E-state index contributed by atoms with van der Waals surface area (Å²) in [6, 6.07) is 8.15. The van der Waals surface area contributed by atoms with Crippen LogP contribution in [0.5, 0.6) is 0 Å². The van der Waals surface area contributed by atoms with E-state index >= 15 is 0 Å². The molecule has 0 aliphatic heterocycles. The van der Waals surface area contributed by atoms with Crippen molar-refractivity contribution in [3.05, 3.63) is 34.9 Å². The van der Waals surface area contributed by atoms with E-state index in [0.717, 1.165) is 29.4 Å². The first-order chi connectivity index (χ1) is 11.6. The van der Waals surface area contributed by atoms with E-state index in [-0.39, 0.29) is 5.91 Å². The van der Waals surface area contributed by atoms with Crippen molar-refractivity contribution in [2.75, 3.05) is 20.6 Å². The first kappa shape index (κ1) is 18.6. The molecule has 1 aromatic rings. The first-order valence-corrected chi connectivity index (χ1v) is 8.92. The van der Waals surface area contributed by atoms with E-state index in [9.17, 15) is 4.79 Å². The van der Waals surface area contributed by atoms with Crippen LogP contribution < -0.4 is 10.6 Å². The van der Waals surface area contributed by atoms with Crippen LogP contribution in [0.25, 0.3) is 0 Å². The van der Waals surface area contributed by atoms with Crippen molar-refractivity contribution in [1.29, 1.82) is 0 Å². The Kier molecular flexibility index (Phi) is 7.37. The summed E-state index contributed by atoms with van der Waals surface area (Å²) >= 11 is 6.20. The molecule has 1 aliphatic carbocycles. The van der Waals surface area contributed by atoms with Crippen LogP contribution in [0.15, 0.2) is 29.3 Å². The van der Waals surface area contributed by atoms with E-state index in [1.807, 2.05) is 36.2 Å². The third-order valence-electron chi connectivity index (χ3n) is 4.29. The van der Waals surface area contributed by atoms with Crippen molar-refractivity contribution < 1.29 is 4.79 Å². The number of halogens is 1. The Morgan fingerprint density at radius 1 is 1.33 bits per heavy atom. The van der Waals surface area contributed by atoms with Gasteiger partial charge in [0.2, 0.25) is 5.91 Å². The summed E-state index contributed by atoms with van der Waals surface area (Å²) < 4.78 is 0. The normalized spacial score (nSPS) is 15.4. The standard InChI is InChI=1S/C18H27ClN4O/c1-20-18(23(2)13-14-7-3-6-10-16(14)19)21-12-11-17(24)22-15-8-4-5-9-15/h3,6-7,10,15H,4-5,8-9,11-13H2,1-2H3,(H,20,21)(H,22,24). The van der Waals surface area contributed by atoms with E-state index in [1.165, 1.54) is 12.8 Å². The number of benzene rings is 1. The van der Waals surface area contributed by atoms with Crippen molar-refractivity contribution in [1.82, 2.24) is 15.5 Å². The molecule has 1 fully saturated rings. The molecule has 0 spiro atoms. The molecule has 2 N–H and O–H groups in total. The van der Waals surface area contributed by atoms with Gasteiger partial charge in [0.05, 0.1) is 0 Å². The van der Waals surface area contributed by atoms with Gasteiger partial charge in [-0.15, -0.1) is 0 Å². The molecular formula is C18H27ClN4O. The third kappa shape index (κ3) is 5.71. The predicted molar refractivity (Wildman–Crippen MR) is 99.3 cm³/mol. The van der Waals surface area contributed by atoms with Crippen LogP contribution in [-0.4, -0.2) is 43.4 Å². The van der Waals surface area contributed by atoms with Crippen LogP contribution in [0.1, 0.15) is 37.7 Å². The molecule has 0 heterocycles. The molecule has 2 rings (SSSR count). The summed E-state index contributed by atoms with van der Waals surface area (Å²) in [7, 11) is 3.70. The Labute approximate surface area is 149 Å². The zero-order valence-electron chi connectivity index (χ0n) is 14.5. The maximum absolute atomic E-state index is 12.0. The van der Waals surface area contributed by atoms with E-state index < -0.39 is 0 Å². The van der Waals surface area contributed by atoms with E-state index in [0.29, 0.717) is 25.6 Å². The second kappa shape index (κ2) is 9.52. The highest BCUT2D eigenvalue weighted by atomic mass is 35.5. The maximum Gasteiger partial charge on any atom is 0.221 e. The molecule has 24 heavy (non-hydrogen) atoms. The van der Waals surface area contributed by atoms with Crippen molar-refractivity contribution in [2.45, 2.75) is 44.7 Å². The lowest BCUT2D eigenvalue weighted by Crippen LogP contribution is -2.41. The van der Waals surface area contributed by atoms with Gasteiger partial charge < -0.3 is 15.5 Å². The average molecular weight is 351 g/mol. The topological polar surface area (TPSA) is 56.7 Å². The van der Waals surface area contributed by atoms with Crippen LogP contribution >= 0.6 is 11.6 Å². The third-order valence-corrected chi connectivity index (χ3v) is 4.66. The smallest absolute Gasteiger partial charge is 0.221 e. The van der Waals surface area contributed by atoms with Crippen molar-refractivity contribution >= 4 is 23.5 Å². The number of guanidine groups is 1. The van der Waals surface area contributed by atoms with Gasteiger partial charge in [-0.2, -0.15) is 0 Å². The van der Waals surface area contributed by atoms with Crippen LogP contribution in [0, 0.1) is 0 Å². The summed E-state index contributed by atoms with van der Waals surface area (Å²) in [6.45, 7) is 1.23. The highest BCUT2D eigenvalue weighted by Gasteiger charge is 2.17. The fourth-order valence-electron chi connectivity index (χ4n) is 3.00. The van der Waals surface area contributed by atoms with Gasteiger partial charge in [-0.3, -0.25) is 9.79 Å². The van der Waals surface area contributed by atoms with E-state index in [1.54, 1.807) is 7.05 Å². The maximum atomic E-state index is 12.0. The van der Waals surface area contributed by atoms with Gasteiger partial charge in [-0.25, -0.2) is 0 Å². The predicted octanol–water partition coefficient (Wildman–Crippen LogP) is 2.80. The molecule has 0 bridgehead atoms. The van der Waals surface area contributed by atoms with Crippen LogP contribution in [0.3, 0.4) is 0 Å². The SMILES string of the molecule is CN=C(NCCC(=O)NC1CCCC1)N(C)Cc1ccccc1Cl. The number of nitrogens with one attached hydrogen (secondary N) is 2. The fourth-order valence-corrected chi connectivity index (χ4v) is 3.20. The van der Waals surface area contributed by atoms with Gasteiger partial charge in [0.25, 0.3) is 0 Å². The lowest BCUT2D eigenvalue weighted by molar-refractivity contribution is -0.121. The van der Waals surface area contributed by atoms with Crippen LogP contribution in [-0.2, 0) is 11.3 Å². The summed E-state index contributed by atoms with van der Waals surface area (Å²) in [4.78, 5) is 18.2. The van der Waals surface area contributed by atoms with Crippen molar-refractivity contribution in [3.63, 3.8) is 0 Å². The van der Waals surface area contributed by atoms with Gasteiger partial charge in [-0.05, 0) is 24.5 Å². The number of rotatable bonds is 6. The Balaban J connectivity index is 1.75. The molecule has 0 unspecified atom stereocenters. The number of carbonyl (C=O) groups is 1. The zero-order valence-corrected chi connectivity index (χ0v) is 15.3. The van der Waals surface area contributed by atoms with Crippen LogP contribution in [0.4, 0.5) is 0 Å².